The average Bonchev–Trinajstić information content (AvgIpc) is 3.18. The van der Waals surface area contributed by atoms with Crippen molar-refractivity contribution in [2.24, 2.45) is 0 Å². The molecule has 1 aliphatic rings. The van der Waals surface area contributed by atoms with Crippen molar-refractivity contribution in [2.75, 3.05) is 11.9 Å². The minimum absolute atomic E-state index is 0.227. The summed E-state index contributed by atoms with van der Waals surface area (Å²) in [4.78, 5) is 24.6. The predicted octanol–water partition coefficient (Wildman–Crippen LogP) is 6.19. The number of anilines is 1. The summed E-state index contributed by atoms with van der Waals surface area (Å²) < 4.78 is 17.3. The topological polar surface area (TPSA) is 73.9 Å². The zero-order valence-electron chi connectivity index (χ0n) is 20.4. The molecular weight excluding hydrogens is 442 g/mol. The third-order valence-corrected chi connectivity index (χ3v) is 5.77. The Bertz CT molecular complexity index is 1180. The number of ether oxygens (including phenoxy) is 3. The van der Waals surface area contributed by atoms with Gasteiger partial charge in [-0.05, 0) is 68.3 Å². The molecule has 1 N–H and O–H groups in total. The van der Waals surface area contributed by atoms with Gasteiger partial charge in [0.15, 0.2) is 11.5 Å². The summed E-state index contributed by atoms with van der Waals surface area (Å²) in [7, 11) is 0. The molecular formula is C29H31NO5. The molecule has 0 radical (unpaired) electrons. The Morgan fingerprint density at radius 3 is 2.40 bits per heavy atom. The quantitative estimate of drug-likeness (QED) is 0.296. The normalized spacial score (nSPS) is 13.5. The molecule has 4 rings (SSSR count). The summed E-state index contributed by atoms with van der Waals surface area (Å²) in [6.07, 6.45) is 2.66. The molecule has 1 amide bonds. The van der Waals surface area contributed by atoms with Crippen LogP contribution in [-0.2, 0) is 17.8 Å². The molecule has 182 valence electrons. The summed E-state index contributed by atoms with van der Waals surface area (Å²) in [5.41, 5.74) is 3.47. The molecule has 3 aromatic rings. The van der Waals surface area contributed by atoms with Crippen LogP contribution in [0.4, 0.5) is 5.69 Å². The number of para-hydroxylation sites is 1. The van der Waals surface area contributed by atoms with E-state index < -0.39 is 0 Å². The van der Waals surface area contributed by atoms with Crippen molar-refractivity contribution in [1.29, 1.82) is 0 Å². The molecule has 0 saturated heterocycles. The molecule has 0 aliphatic carbocycles. The molecule has 0 unspecified atom stereocenters. The van der Waals surface area contributed by atoms with Gasteiger partial charge >= 0.3 is 5.97 Å². The van der Waals surface area contributed by atoms with Gasteiger partial charge in [0.2, 0.25) is 0 Å². The molecule has 0 saturated carbocycles. The van der Waals surface area contributed by atoms with Gasteiger partial charge in [-0.2, -0.15) is 0 Å². The third-order valence-electron chi connectivity index (χ3n) is 5.77. The van der Waals surface area contributed by atoms with Crippen LogP contribution in [-0.4, -0.2) is 24.1 Å². The lowest BCUT2D eigenvalue weighted by atomic mass is 10.0. The number of fused-ring (bicyclic) bond motifs is 1. The fourth-order valence-electron chi connectivity index (χ4n) is 3.90. The highest BCUT2D eigenvalue weighted by atomic mass is 16.5. The van der Waals surface area contributed by atoms with Crippen LogP contribution in [0.3, 0.4) is 0 Å². The number of unbranched alkanes of at least 4 members (excludes halogenated alkanes) is 1. The zero-order valence-corrected chi connectivity index (χ0v) is 20.4. The molecule has 0 spiro atoms. The largest absolute Gasteiger partial charge is 0.485 e. The van der Waals surface area contributed by atoms with Crippen LogP contribution in [0.2, 0.25) is 0 Å². The molecule has 0 fully saturated rings. The summed E-state index contributed by atoms with van der Waals surface area (Å²) in [5, 5.41) is 2.85. The Hall–Kier alpha value is -3.80. The molecule has 3 aromatic carbocycles. The van der Waals surface area contributed by atoms with E-state index in [1.807, 2.05) is 31.2 Å². The van der Waals surface area contributed by atoms with E-state index in [0.29, 0.717) is 30.0 Å². The summed E-state index contributed by atoms with van der Waals surface area (Å²) >= 11 is 0. The molecule has 6 nitrogen and oxygen atoms in total. The Morgan fingerprint density at radius 2 is 1.69 bits per heavy atom. The second-order valence-corrected chi connectivity index (χ2v) is 9.29. The predicted molar refractivity (Wildman–Crippen MR) is 135 cm³/mol. The minimum Gasteiger partial charge on any atom is -0.485 e. The van der Waals surface area contributed by atoms with E-state index in [-0.39, 0.29) is 17.5 Å². The summed E-state index contributed by atoms with van der Waals surface area (Å²) in [6, 6.07) is 19.9. The van der Waals surface area contributed by atoms with Gasteiger partial charge in [0.25, 0.3) is 5.91 Å². The molecule has 0 atom stereocenters. The van der Waals surface area contributed by atoms with E-state index in [0.717, 1.165) is 41.9 Å². The van der Waals surface area contributed by atoms with Gasteiger partial charge in [0.1, 0.15) is 12.2 Å². The van der Waals surface area contributed by atoms with E-state index in [1.165, 1.54) is 0 Å². The maximum atomic E-state index is 12.6. The first kappa shape index (κ1) is 24.3. The van der Waals surface area contributed by atoms with Crippen LogP contribution in [0.25, 0.3) is 0 Å². The standard InChI is InChI=1S/C29H31NO5/c1-4-5-17-33-28(32)22-13-15-24(16-14-22)30-27(31)21-11-9-20(10-12-21)19-34-25-8-6-7-23-18-29(2,3)35-26(23)25/h6-16H,4-5,17-19H2,1-3H3,(H,30,31). The Labute approximate surface area is 206 Å². The van der Waals surface area contributed by atoms with Crippen LogP contribution in [0, 0.1) is 0 Å². The second kappa shape index (κ2) is 10.6. The molecule has 1 aliphatic heterocycles. The van der Waals surface area contributed by atoms with Gasteiger partial charge in [-0.25, -0.2) is 4.79 Å². The minimum atomic E-state index is -0.357. The van der Waals surface area contributed by atoms with E-state index in [4.69, 9.17) is 14.2 Å². The highest BCUT2D eigenvalue weighted by Gasteiger charge is 2.32. The number of benzene rings is 3. The van der Waals surface area contributed by atoms with Crippen LogP contribution >= 0.6 is 0 Å². The van der Waals surface area contributed by atoms with Crippen molar-refractivity contribution in [3.8, 4) is 11.5 Å². The van der Waals surface area contributed by atoms with Gasteiger partial charge in [-0.3, -0.25) is 4.79 Å². The highest BCUT2D eigenvalue weighted by molar-refractivity contribution is 6.04. The average molecular weight is 474 g/mol. The highest BCUT2D eigenvalue weighted by Crippen LogP contribution is 2.41. The van der Waals surface area contributed by atoms with Crippen molar-refractivity contribution in [3.05, 3.63) is 89.0 Å². The maximum absolute atomic E-state index is 12.6. The van der Waals surface area contributed by atoms with Crippen LogP contribution in [0.1, 0.15) is 65.5 Å². The first-order valence-electron chi connectivity index (χ1n) is 12.0. The number of hydrogen-bond donors (Lipinski definition) is 1. The fourth-order valence-corrected chi connectivity index (χ4v) is 3.90. The number of esters is 1. The van der Waals surface area contributed by atoms with Crippen molar-refractivity contribution in [1.82, 2.24) is 0 Å². The number of hydrogen-bond acceptors (Lipinski definition) is 5. The van der Waals surface area contributed by atoms with E-state index in [2.05, 4.69) is 25.2 Å². The maximum Gasteiger partial charge on any atom is 0.338 e. The number of amides is 1. The summed E-state index contributed by atoms with van der Waals surface area (Å²) in [5.74, 6) is 0.957. The number of carbonyl (C=O) groups is 2. The van der Waals surface area contributed by atoms with Crippen molar-refractivity contribution >= 4 is 17.6 Å². The van der Waals surface area contributed by atoms with Crippen LogP contribution < -0.4 is 14.8 Å². The van der Waals surface area contributed by atoms with Gasteiger partial charge in [-0.15, -0.1) is 0 Å². The lowest BCUT2D eigenvalue weighted by Crippen LogP contribution is -2.24. The fraction of sp³-hybridized carbons (Fsp3) is 0.310. The van der Waals surface area contributed by atoms with Crippen molar-refractivity contribution in [3.63, 3.8) is 0 Å². The monoisotopic (exact) mass is 473 g/mol. The SMILES string of the molecule is CCCCOC(=O)c1ccc(NC(=O)c2ccc(COc3cccc4c3OC(C)(C)C4)cc2)cc1. The molecule has 1 heterocycles. The smallest absolute Gasteiger partial charge is 0.338 e. The van der Waals surface area contributed by atoms with Gasteiger partial charge in [0, 0.05) is 23.2 Å². The van der Waals surface area contributed by atoms with Crippen LogP contribution in [0.15, 0.2) is 66.7 Å². The van der Waals surface area contributed by atoms with Crippen LogP contribution in [0.5, 0.6) is 11.5 Å². The van der Waals surface area contributed by atoms with Crippen molar-refractivity contribution < 1.29 is 23.8 Å². The van der Waals surface area contributed by atoms with Crippen molar-refractivity contribution in [2.45, 2.75) is 52.2 Å². The first-order chi connectivity index (χ1) is 16.8. The Balaban J connectivity index is 1.31. The lowest BCUT2D eigenvalue weighted by molar-refractivity contribution is 0.0499. The van der Waals surface area contributed by atoms with E-state index in [9.17, 15) is 9.59 Å². The summed E-state index contributed by atoms with van der Waals surface area (Å²) in [6.45, 7) is 6.96. The molecule has 35 heavy (non-hydrogen) atoms. The molecule has 0 bridgehead atoms. The number of nitrogens with one attached hydrogen (secondary N) is 1. The number of rotatable bonds is 9. The Morgan fingerprint density at radius 1 is 0.971 bits per heavy atom. The van der Waals surface area contributed by atoms with Gasteiger partial charge in [-0.1, -0.05) is 37.6 Å². The molecule has 6 heteroatoms. The van der Waals surface area contributed by atoms with Gasteiger partial charge in [0.05, 0.1) is 12.2 Å². The second-order valence-electron chi connectivity index (χ2n) is 9.29. The van der Waals surface area contributed by atoms with E-state index >= 15 is 0 Å². The first-order valence-corrected chi connectivity index (χ1v) is 12.0. The molecule has 0 aromatic heterocycles. The zero-order chi connectivity index (χ0) is 24.8. The Kier molecular flexibility index (Phi) is 7.39. The lowest BCUT2D eigenvalue weighted by Gasteiger charge is -2.18. The van der Waals surface area contributed by atoms with Gasteiger partial charge < -0.3 is 19.5 Å². The third kappa shape index (κ3) is 6.21. The van der Waals surface area contributed by atoms with E-state index in [1.54, 1.807) is 36.4 Å². The number of carbonyl (C=O) groups excluding carboxylic acids is 2.